The van der Waals surface area contributed by atoms with Gasteiger partial charge in [-0.2, -0.15) is 0 Å². The molecule has 26 heavy (non-hydrogen) atoms. The fourth-order valence-electron chi connectivity index (χ4n) is 2.62. The van der Waals surface area contributed by atoms with E-state index in [9.17, 15) is 9.59 Å². The van der Waals surface area contributed by atoms with Crippen molar-refractivity contribution in [2.45, 2.75) is 38.6 Å². The predicted molar refractivity (Wildman–Crippen MR) is 107 cm³/mol. The number of rotatable bonds is 6. The maximum absolute atomic E-state index is 12.3. The molecule has 0 saturated heterocycles. The average Bonchev–Trinajstić information content (AvgIpc) is 3.40. The van der Waals surface area contributed by atoms with Crippen molar-refractivity contribution >= 4 is 35.6 Å². The van der Waals surface area contributed by atoms with Crippen molar-refractivity contribution in [3.8, 4) is 0 Å². The Bertz CT molecular complexity index is 803. The Kier molecular flexibility index (Phi) is 6.64. The normalized spacial score (nSPS) is 12.8. The van der Waals surface area contributed by atoms with Crippen LogP contribution in [0.25, 0.3) is 0 Å². The molecule has 0 aromatic heterocycles. The summed E-state index contributed by atoms with van der Waals surface area (Å²) in [5.74, 6) is -0.179. The lowest BCUT2D eigenvalue weighted by atomic mass is 10.1. The fraction of sp³-hybridized carbons (Fsp3) is 0.300. The van der Waals surface area contributed by atoms with E-state index in [4.69, 9.17) is 5.73 Å². The minimum atomic E-state index is -0.0916. The molecule has 4 N–H and O–H groups in total. The number of carbonyl (C=O) groups excluding carboxylic acids is 2. The van der Waals surface area contributed by atoms with Crippen LogP contribution < -0.4 is 16.4 Å². The molecule has 2 amide bonds. The van der Waals surface area contributed by atoms with Gasteiger partial charge in [-0.05, 0) is 55.5 Å². The van der Waals surface area contributed by atoms with Crippen molar-refractivity contribution < 1.29 is 9.59 Å². The molecule has 3 rings (SSSR count). The van der Waals surface area contributed by atoms with E-state index in [1.54, 1.807) is 12.1 Å². The van der Waals surface area contributed by atoms with Gasteiger partial charge in [0.1, 0.15) is 0 Å². The largest absolute Gasteiger partial charge is 0.399 e. The average molecular weight is 374 g/mol. The number of para-hydroxylation sites is 1. The Balaban J connectivity index is 0.00000243. The van der Waals surface area contributed by atoms with Crippen molar-refractivity contribution in [2.75, 3.05) is 11.1 Å². The molecule has 0 unspecified atom stereocenters. The third-order valence-corrected chi connectivity index (χ3v) is 4.36. The van der Waals surface area contributed by atoms with Gasteiger partial charge in [-0.25, -0.2) is 0 Å². The summed E-state index contributed by atoms with van der Waals surface area (Å²) in [6.45, 7) is 1.91. The molecule has 1 aliphatic carbocycles. The van der Waals surface area contributed by atoms with Gasteiger partial charge in [-0.1, -0.05) is 24.3 Å². The summed E-state index contributed by atoms with van der Waals surface area (Å²) in [5, 5.41) is 5.86. The van der Waals surface area contributed by atoms with E-state index in [1.165, 1.54) is 0 Å². The molecule has 1 aliphatic rings. The second-order valence-corrected chi connectivity index (χ2v) is 6.52. The number of hydrogen-bond donors (Lipinski definition) is 3. The van der Waals surface area contributed by atoms with Gasteiger partial charge in [0.2, 0.25) is 5.91 Å². The zero-order chi connectivity index (χ0) is 17.8. The number of carbonyl (C=O) groups is 2. The summed E-state index contributed by atoms with van der Waals surface area (Å²) in [4.78, 5) is 24.4. The molecular weight excluding hydrogens is 350 g/mol. The molecular formula is C20H24ClN3O2. The first kappa shape index (κ1) is 19.8. The minimum absolute atomic E-state index is 0. The number of amides is 2. The molecule has 0 aliphatic heterocycles. The lowest BCUT2D eigenvalue weighted by Gasteiger charge is -2.11. The standard InChI is InChI=1S/C20H23N3O2.ClH/c1-13-6-7-15(20(25)22-16-9-10-16)12-18(13)23-19(24)11-8-14-4-2-3-5-17(14)21;/h2-7,12,16H,8-11,21H2,1H3,(H,22,25)(H,23,24);1H. The number of nitrogens with two attached hydrogens (primary N) is 1. The van der Waals surface area contributed by atoms with Gasteiger partial charge in [0.05, 0.1) is 0 Å². The van der Waals surface area contributed by atoms with Crippen LogP contribution in [0.5, 0.6) is 0 Å². The van der Waals surface area contributed by atoms with Crippen LogP contribution in [0.15, 0.2) is 42.5 Å². The van der Waals surface area contributed by atoms with E-state index in [2.05, 4.69) is 10.6 Å². The highest BCUT2D eigenvalue weighted by molar-refractivity contribution is 5.98. The van der Waals surface area contributed by atoms with Gasteiger partial charge in [0.25, 0.3) is 5.91 Å². The first-order valence-electron chi connectivity index (χ1n) is 8.57. The van der Waals surface area contributed by atoms with Crippen LogP contribution >= 0.6 is 12.4 Å². The lowest BCUT2D eigenvalue weighted by molar-refractivity contribution is -0.116. The van der Waals surface area contributed by atoms with Crippen molar-refractivity contribution in [1.82, 2.24) is 5.32 Å². The first-order chi connectivity index (χ1) is 12.0. The number of benzene rings is 2. The first-order valence-corrected chi connectivity index (χ1v) is 8.57. The van der Waals surface area contributed by atoms with Crippen molar-refractivity contribution in [2.24, 2.45) is 0 Å². The molecule has 5 nitrogen and oxygen atoms in total. The number of hydrogen-bond acceptors (Lipinski definition) is 3. The molecule has 138 valence electrons. The number of nitrogen functional groups attached to an aromatic ring is 1. The van der Waals surface area contributed by atoms with Crippen LogP contribution in [0.3, 0.4) is 0 Å². The highest BCUT2D eigenvalue weighted by atomic mass is 35.5. The van der Waals surface area contributed by atoms with E-state index in [0.717, 1.165) is 24.0 Å². The molecule has 2 aromatic carbocycles. The Morgan fingerprint density at radius 3 is 2.58 bits per heavy atom. The highest BCUT2D eigenvalue weighted by Crippen LogP contribution is 2.22. The molecule has 0 radical (unpaired) electrons. The van der Waals surface area contributed by atoms with E-state index < -0.39 is 0 Å². The third-order valence-electron chi connectivity index (χ3n) is 4.36. The summed E-state index contributed by atoms with van der Waals surface area (Å²) < 4.78 is 0. The molecule has 6 heteroatoms. The second-order valence-electron chi connectivity index (χ2n) is 6.52. The van der Waals surface area contributed by atoms with Crippen molar-refractivity contribution in [3.05, 3.63) is 59.2 Å². The van der Waals surface area contributed by atoms with Crippen molar-refractivity contribution in [3.63, 3.8) is 0 Å². The molecule has 1 fully saturated rings. The van der Waals surface area contributed by atoms with E-state index in [0.29, 0.717) is 35.8 Å². The van der Waals surface area contributed by atoms with E-state index in [1.807, 2.05) is 37.3 Å². The SMILES string of the molecule is Cc1ccc(C(=O)NC2CC2)cc1NC(=O)CCc1ccccc1N.Cl. The summed E-state index contributed by atoms with van der Waals surface area (Å²) in [6.07, 6.45) is 3.01. The maximum atomic E-state index is 12.3. The Labute approximate surface area is 159 Å². The second kappa shape index (κ2) is 8.72. The zero-order valence-corrected chi connectivity index (χ0v) is 15.6. The van der Waals surface area contributed by atoms with Crippen molar-refractivity contribution in [1.29, 1.82) is 0 Å². The minimum Gasteiger partial charge on any atom is -0.399 e. The summed E-state index contributed by atoms with van der Waals surface area (Å²) in [5.41, 5.74) is 9.74. The smallest absolute Gasteiger partial charge is 0.251 e. The van der Waals surface area contributed by atoms with E-state index in [-0.39, 0.29) is 24.2 Å². The van der Waals surface area contributed by atoms with Crippen LogP contribution in [-0.4, -0.2) is 17.9 Å². The molecule has 0 spiro atoms. The molecule has 0 bridgehead atoms. The number of nitrogens with one attached hydrogen (secondary N) is 2. The molecule has 1 saturated carbocycles. The monoisotopic (exact) mass is 373 g/mol. The van der Waals surface area contributed by atoms with E-state index >= 15 is 0 Å². The Hall–Kier alpha value is -2.53. The predicted octanol–water partition coefficient (Wildman–Crippen LogP) is 3.46. The number of aryl methyl sites for hydroxylation is 2. The molecule has 0 atom stereocenters. The third kappa shape index (κ3) is 5.23. The highest BCUT2D eigenvalue weighted by Gasteiger charge is 2.24. The van der Waals surface area contributed by atoms with Gasteiger partial charge in [-0.15, -0.1) is 12.4 Å². The van der Waals surface area contributed by atoms with Gasteiger partial charge in [0, 0.05) is 29.4 Å². The zero-order valence-electron chi connectivity index (χ0n) is 14.7. The summed E-state index contributed by atoms with van der Waals surface area (Å²) in [7, 11) is 0. The summed E-state index contributed by atoms with van der Waals surface area (Å²) in [6, 6.07) is 13.2. The number of halogens is 1. The van der Waals surface area contributed by atoms with Crippen LogP contribution in [0.4, 0.5) is 11.4 Å². The van der Waals surface area contributed by atoms with Crippen LogP contribution in [-0.2, 0) is 11.2 Å². The molecule has 0 heterocycles. The van der Waals surface area contributed by atoms with Crippen LogP contribution in [0.1, 0.15) is 40.7 Å². The Morgan fingerprint density at radius 1 is 1.15 bits per heavy atom. The quantitative estimate of drug-likeness (QED) is 0.678. The van der Waals surface area contributed by atoms with Crippen LogP contribution in [0, 0.1) is 6.92 Å². The van der Waals surface area contributed by atoms with Gasteiger partial charge in [0.15, 0.2) is 0 Å². The molecule has 2 aromatic rings. The Morgan fingerprint density at radius 2 is 1.88 bits per heavy atom. The lowest BCUT2D eigenvalue weighted by Crippen LogP contribution is -2.25. The van der Waals surface area contributed by atoms with Crippen LogP contribution in [0.2, 0.25) is 0 Å². The summed E-state index contributed by atoms with van der Waals surface area (Å²) >= 11 is 0. The van der Waals surface area contributed by atoms with Gasteiger partial charge in [-0.3, -0.25) is 9.59 Å². The maximum Gasteiger partial charge on any atom is 0.251 e. The van der Waals surface area contributed by atoms with Gasteiger partial charge >= 0.3 is 0 Å². The van der Waals surface area contributed by atoms with Gasteiger partial charge < -0.3 is 16.4 Å². The fourth-order valence-corrected chi connectivity index (χ4v) is 2.62. The topological polar surface area (TPSA) is 84.2 Å². The number of anilines is 2.